The molecule has 152 valence electrons. The molecule has 0 aromatic heterocycles. The van der Waals surface area contributed by atoms with Gasteiger partial charge in [-0.1, -0.05) is 23.2 Å². The van der Waals surface area contributed by atoms with Crippen molar-refractivity contribution < 1.29 is 19.1 Å². The predicted octanol–water partition coefficient (Wildman–Crippen LogP) is 4.68. The van der Waals surface area contributed by atoms with Gasteiger partial charge in [0.2, 0.25) is 5.91 Å². The average molecular weight is 445 g/mol. The van der Waals surface area contributed by atoms with Crippen molar-refractivity contribution in [1.82, 2.24) is 9.80 Å². The standard InChI is InChI=1S/C19H22Cl2N2O4S/c1-10(2)23(11(3)4)16(24)9-22-18(25)15(28-19(22)26)7-12-6-13(20)8-14(21)17(12)27-5/h6-8,10-11H,9H2,1-5H3/b15-7-. The molecule has 1 aromatic carbocycles. The SMILES string of the molecule is COc1c(Cl)cc(Cl)cc1/C=C1\SC(=O)N(CC(=O)N(C(C)C)C(C)C)C1=O. The maximum atomic E-state index is 12.7. The number of hydrogen-bond donors (Lipinski definition) is 0. The van der Waals surface area contributed by atoms with Crippen LogP contribution in [0.1, 0.15) is 33.3 Å². The molecule has 9 heteroatoms. The van der Waals surface area contributed by atoms with Crippen LogP contribution in [0.4, 0.5) is 4.79 Å². The molecule has 0 N–H and O–H groups in total. The lowest BCUT2D eigenvalue weighted by molar-refractivity contribution is -0.138. The quantitative estimate of drug-likeness (QED) is 0.595. The topological polar surface area (TPSA) is 66.9 Å². The van der Waals surface area contributed by atoms with E-state index in [1.165, 1.54) is 19.3 Å². The van der Waals surface area contributed by atoms with Crippen molar-refractivity contribution >= 4 is 58.1 Å². The van der Waals surface area contributed by atoms with Gasteiger partial charge < -0.3 is 9.64 Å². The zero-order chi connectivity index (χ0) is 21.2. The van der Waals surface area contributed by atoms with Gasteiger partial charge in [0.05, 0.1) is 17.0 Å². The van der Waals surface area contributed by atoms with E-state index in [0.717, 1.165) is 16.7 Å². The summed E-state index contributed by atoms with van der Waals surface area (Å²) in [5, 5.41) is 0.167. The Morgan fingerprint density at radius 2 is 1.82 bits per heavy atom. The molecule has 1 aliphatic rings. The van der Waals surface area contributed by atoms with Crippen LogP contribution in [0.25, 0.3) is 6.08 Å². The smallest absolute Gasteiger partial charge is 0.294 e. The van der Waals surface area contributed by atoms with Crippen LogP contribution in [0.15, 0.2) is 17.0 Å². The third-order valence-corrected chi connectivity index (χ3v) is 5.50. The molecule has 0 spiro atoms. The van der Waals surface area contributed by atoms with Gasteiger partial charge in [-0.15, -0.1) is 0 Å². The second-order valence-corrected chi connectivity index (χ2v) is 8.60. The minimum atomic E-state index is -0.533. The number of benzene rings is 1. The van der Waals surface area contributed by atoms with Crippen LogP contribution in [-0.2, 0) is 9.59 Å². The molecule has 6 nitrogen and oxygen atoms in total. The van der Waals surface area contributed by atoms with Crippen LogP contribution < -0.4 is 4.74 Å². The van der Waals surface area contributed by atoms with Gasteiger partial charge in [-0.2, -0.15) is 0 Å². The minimum absolute atomic E-state index is 0.0409. The van der Waals surface area contributed by atoms with Gasteiger partial charge >= 0.3 is 0 Å². The first kappa shape index (κ1) is 22.6. The van der Waals surface area contributed by atoms with Crippen LogP contribution in [-0.4, -0.2) is 52.6 Å². The van der Waals surface area contributed by atoms with Crippen molar-refractivity contribution in [1.29, 1.82) is 0 Å². The summed E-state index contributed by atoms with van der Waals surface area (Å²) in [6, 6.07) is 3.03. The van der Waals surface area contributed by atoms with Crippen LogP contribution in [0.5, 0.6) is 5.75 Å². The Labute approximate surface area is 178 Å². The zero-order valence-electron chi connectivity index (χ0n) is 16.3. The Kier molecular flexibility index (Phi) is 7.42. The summed E-state index contributed by atoms with van der Waals surface area (Å²) >= 11 is 12.9. The fraction of sp³-hybridized carbons (Fsp3) is 0.421. The molecule has 1 aliphatic heterocycles. The first-order chi connectivity index (χ1) is 13.1. The molecule has 0 radical (unpaired) electrons. The molecule has 28 heavy (non-hydrogen) atoms. The van der Waals surface area contributed by atoms with E-state index < -0.39 is 11.1 Å². The highest BCUT2D eigenvalue weighted by molar-refractivity contribution is 8.18. The largest absolute Gasteiger partial charge is 0.495 e. The molecule has 1 saturated heterocycles. The van der Waals surface area contributed by atoms with Crippen LogP contribution in [0, 0.1) is 0 Å². The number of amides is 3. The minimum Gasteiger partial charge on any atom is -0.495 e. The number of carbonyl (C=O) groups excluding carboxylic acids is 3. The van der Waals surface area contributed by atoms with Gasteiger partial charge in [0.1, 0.15) is 12.3 Å². The Morgan fingerprint density at radius 1 is 1.21 bits per heavy atom. The van der Waals surface area contributed by atoms with Crippen LogP contribution in [0.2, 0.25) is 10.0 Å². The summed E-state index contributed by atoms with van der Waals surface area (Å²) in [5.74, 6) is -0.467. The number of rotatable bonds is 6. The Bertz CT molecular complexity index is 831. The summed E-state index contributed by atoms with van der Waals surface area (Å²) in [5.41, 5.74) is 0.475. The van der Waals surface area contributed by atoms with Crippen molar-refractivity contribution in [2.45, 2.75) is 39.8 Å². The van der Waals surface area contributed by atoms with Gasteiger partial charge in [-0.25, -0.2) is 0 Å². The fourth-order valence-corrected chi connectivity index (χ4v) is 4.49. The molecule has 1 fully saturated rings. The summed E-state index contributed by atoms with van der Waals surface area (Å²) in [6.07, 6.45) is 1.49. The van der Waals surface area contributed by atoms with Gasteiger partial charge in [0, 0.05) is 22.7 Å². The number of thioether (sulfide) groups is 1. The van der Waals surface area contributed by atoms with Gasteiger partial charge in [-0.05, 0) is 57.7 Å². The lowest BCUT2D eigenvalue weighted by Gasteiger charge is -2.31. The summed E-state index contributed by atoms with van der Waals surface area (Å²) in [7, 11) is 1.45. The number of carbonyl (C=O) groups is 3. The molecule has 0 saturated carbocycles. The van der Waals surface area contributed by atoms with E-state index in [1.54, 1.807) is 11.0 Å². The molecule has 3 amide bonds. The molecule has 2 rings (SSSR count). The molecule has 1 aromatic rings. The molecule has 0 bridgehead atoms. The van der Waals surface area contributed by atoms with E-state index in [1.807, 2.05) is 27.7 Å². The highest BCUT2D eigenvalue weighted by Crippen LogP contribution is 2.37. The predicted molar refractivity (Wildman–Crippen MR) is 113 cm³/mol. The third kappa shape index (κ3) is 4.82. The number of imide groups is 1. The monoisotopic (exact) mass is 444 g/mol. The summed E-state index contributed by atoms with van der Waals surface area (Å²) < 4.78 is 5.26. The summed E-state index contributed by atoms with van der Waals surface area (Å²) in [4.78, 5) is 40.5. The van der Waals surface area contributed by atoms with E-state index in [0.29, 0.717) is 21.4 Å². The van der Waals surface area contributed by atoms with Crippen molar-refractivity contribution in [3.63, 3.8) is 0 Å². The maximum absolute atomic E-state index is 12.7. The molecule has 0 aliphatic carbocycles. The van der Waals surface area contributed by atoms with Crippen molar-refractivity contribution in [2.24, 2.45) is 0 Å². The Hall–Kier alpha value is -1.70. The molecule has 0 unspecified atom stereocenters. The highest BCUT2D eigenvalue weighted by Gasteiger charge is 2.38. The lowest BCUT2D eigenvalue weighted by Crippen LogP contribution is -2.48. The van der Waals surface area contributed by atoms with E-state index >= 15 is 0 Å². The lowest BCUT2D eigenvalue weighted by atomic mass is 10.1. The average Bonchev–Trinajstić information content (AvgIpc) is 2.81. The molecular weight excluding hydrogens is 423 g/mol. The van der Waals surface area contributed by atoms with E-state index in [4.69, 9.17) is 27.9 Å². The fourth-order valence-electron chi connectivity index (χ4n) is 3.07. The number of halogens is 2. The van der Waals surface area contributed by atoms with E-state index in [-0.39, 0.29) is 29.4 Å². The van der Waals surface area contributed by atoms with Crippen molar-refractivity contribution in [3.05, 3.63) is 32.6 Å². The first-order valence-electron chi connectivity index (χ1n) is 8.66. The second-order valence-electron chi connectivity index (χ2n) is 6.77. The molecular formula is C19H22Cl2N2O4S. The number of hydrogen-bond acceptors (Lipinski definition) is 5. The Balaban J connectivity index is 2.29. The summed E-state index contributed by atoms with van der Waals surface area (Å²) in [6.45, 7) is 7.26. The number of ether oxygens (including phenoxy) is 1. The highest BCUT2D eigenvalue weighted by atomic mass is 35.5. The van der Waals surface area contributed by atoms with Crippen molar-refractivity contribution in [3.8, 4) is 5.75 Å². The van der Waals surface area contributed by atoms with E-state index in [9.17, 15) is 14.4 Å². The normalized spacial score (nSPS) is 15.9. The van der Waals surface area contributed by atoms with E-state index in [2.05, 4.69) is 0 Å². The number of methoxy groups -OCH3 is 1. The first-order valence-corrected chi connectivity index (χ1v) is 10.2. The zero-order valence-corrected chi connectivity index (χ0v) is 18.6. The van der Waals surface area contributed by atoms with Crippen LogP contribution in [0.3, 0.4) is 0 Å². The molecule has 0 atom stereocenters. The van der Waals surface area contributed by atoms with Crippen molar-refractivity contribution in [2.75, 3.05) is 13.7 Å². The van der Waals surface area contributed by atoms with Gasteiger partial charge in [0.25, 0.3) is 11.1 Å². The molecule has 1 heterocycles. The van der Waals surface area contributed by atoms with Gasteiger partial charge in [0.15, 0.2) is 0 Å². The maximum Gasteiger partial charge on any atom is 0.294 e. The third-order valence-electron chi connectivity index (χ3n) is 4.10. The second kappa shape index (κ2) is 9.20. The van der Waals surface area contributed by atoms with Crippen LogP contribution >= 0.6 is 35.0 Å². The Morgan fingerprint density at radius 3 is 2.36 bits per heavy atom. The van der Waals surface area contributed by atoms with Gasteiger partial charge in [-0.3, -0.25) is 19.3 Å². The number of nitrogens with zero attached hydrogens (tertiary/aromatic N) is 2.